The lowest BCUT2D eigenvalue weighted by Crippen LogP contribution is -1.83. The van der Waals surface area contributed by atoms with Crippen molar-refractivity contribution in [2.24, 2.45) is 5.92 Å². The minimum absolute atomic E-state index is 0.177. The van der Waals surface area contributed by atoms with Gasteiger partial charge in [0.05, 0.1) is 0 Å². The molecule has 14 heavy (non-hydrogen) atoms. The van der Waals surface area contributed by atoms with Gasteiger partial charge in [0.25, 0.3) is 0 Å². The highest BCUT2D eigenvalue weighted by Gasteiger charge is 1.91. The Morgan fingerprint density at radius 1 is 1.21 bits per heavy atom. The summed E-state index contributed by atoms with van der Waals surface area (Å²) < 4.78 is 12.6. The molecule has 0 spiro atoms. The average Bonchev–Trinajstić information content (AvgIpc) is 2.15. The van der Waals surface area contributed by atoms with Crippen LogP contribution in [0.3, 0.4) is 0 Å². The molecule has 1 heteroatoms. The van der Waals surface area contributed by atoms with Crippen LogP contribution >= 0.6 is 0 Å². The molecule has 0 aliphatic carbocycles. The van der Waals surface area contributed by atoms with Crippen molar-refractivity contribution in [3.05, 3.63) is 41.7 Å². The summed E-state index contributed by atoms with van der Waals surface area (Å²) in [5, 5.41) is 0. The highest BCUT2D eigenvalue weighted by molar-refractivity contribution is 5.48. The van der Waals surface area contributed by atoms with Crippen molar-refractivity contribution in [1.29, 1.82) is 0 Å². The lowest BCUT2D eigenvalue weighted by Gasteiger charge is -1.99. The van der Waals surface area contributed by atoms with Gasteiger partial charge in [0.2, 0.25) is 0 Å². The molecule has 76 valence electrons. The van der Waals surface area contributed by atoms with Crippen LogP contribution in [0.2, 0.25) is 0 Å². The van der Waals surface area contributed by atoms with Gasteiger partial charge in [-0.25, -0.2) is 4.39 Å². The number of allylic oxidation sites excluding steroid dienone is 1. The maximum Gasteiger partial charge on any atom is 0.123 e. The Bertz CT molecular complexity index is 283. The largest absolute Gasteiger partial charge is 0.207 e. The van der Waals surface area contributed by atoms with Crippen LogP contribution in [0, 0.1) is 11.7 Å². The van der Waals surface area contributed by atoms with Crippen LogP contribution in [0.15, 0.2) is 30.3 Å². The molecule has 0 aromatic heterocycles. The van der Waals surface area contributed by atoms with Crippen LogP contribution in [0.4, 0.5) is 4.39 Å². The van der Waals surface area contributed by atoms with Crippen LogP contribution < -0.4 is 0 Å². The van der Waals surface area contributed by atoms with Crippen LogP contribution in [0.1, 0.15) is 32.3 Å². The Balaban J connectivity index is 2.40. The van der Waals surface area contributed by atoms with E-state index in [0.29, 0.717) is 0 Å². The number of rotatable bonds is 4. The first-order valence-corrected chi connectivity index (χ1v) is 5.10. The van der Waals surface area contributed by atoms with Gasteiger partial charge in [-0.15, -0.1) is 0 Å². The van der Waals surface area contributed by atoms with Gasteiger partial charge < -0.3 is 0 Å². The van der Waals surface area contributed by atoms with E-state index in [0.717, 1.165) is 17.9 Å². The monoisotopic (exact) mass is 192 g/mol. The predicted molar refractivity (Wildman–Crippen MR) is 59.5 cm³/mol. The molecule has 0 atom stereocenters. The second-order valence-corrected chi connectivity index (χ2v) is 3.93. The number of hydrogen-bond acceptors (Lipinski definition) is 0. The van der Waals surface area contributed by atoms with Gasteiger partial charge in [-0.3, -0.25) is 0 Å². The first-order chi connectivity index (χ1) is 6.68. The van der Waals surface area contributed by atoms with Crippen LogP contribution in [0.5, 0.6) is 0 Å². The Morgan fingerprint density at radius 2 is 1.86 bits per heavy atom. The summed E-state index contributed by atoms with van der Waals surface area (Å²) in [7, 11) is 0. The fourth-order valence-corrected chi connectivity index (χ4v) is 1.22. The molecule has 0 aliphatic heterocycles. The van der Waals surface area contributed by atoms with Gasteiger partial charge in [0.1, 0.15) is 5.82 Å². The summed E-state index contributed by atoms with van der Waals surface area (Å²) in [6.45, 7) is 4.43. The minimum Gasteiger partial charge on any atom is -0.207 e. The zero-order chi connectivity index (χ0) is 10.4. The average molecular weight is 192 g/mol. The fraction of sp³-hybridized carbons (Fsp3) is 0.385. The predicted octanol–water partition coefficient (Wildman–Crippen LogP) is 4.28. The maximum atomic E-state index is 12.6. The summed E-state index contributed by atoms with van der Waals surface area (Å²) in [4.78, 5) is 0. The Morgan fingerprint density at radius 3 is 2.43 bits per heavy atom. The molecule has 1 aromatic carbocycles. The van der Waals surface area contributed by atoms with E-state index in [-0.39, 0.29) is 5.82 Å². The molecule has 0 N–H and O–H groups in total. The molecule has 0 saturated carbocycles. The molecule has 0 nitrogen and oxygen atoms in total. The highest BCUT2D eigenvalue weighted by atomic mass is 19.1. The number of hydrogen-bond donors (Lipinski definition) is 0. The quantitative estimate of drug-likeness (QED) is 0.668. The summed E-state index contributed by atoms with van der Waals surface area (Å²) in [6.07, 6.45) is 6.49. The maximum absolute atomic E-state index is 12.6. The minimum atomic E-state index is -0.177. The van der Waals surface area contributed by atoms with E-state index in [4.69, 9.17) is 0 Å². The molecular weight excluding hydrogens is 175 g/mol. The van der Waals surface area contributed by atoms with Gasteiger partial charge in [-0.2, -0.15) is 0 Å². The Kier molecular flexibility index (Phi) is 4.37. The van der Waals surface area contributed by atoms with Crippen LogP contribution in [-0.2, 0) is 0 Å². The number of benzene rings is 1. The van der Waals surface area contributed by atoms with Crippen molar-refractivity contribution in [3.63, 3.8) is 0 Å². The van der Waals surface area contributed by atoms with Crippen molar-refractivity contribution in [3.8, 4) is 0 Å². The van der Waals surface area contributed by atoms with Gasteiger partial charge in [0, 0.05) is 0 Å². The van der Waals surface area contributed by atoms with Gasteiger partial charge in [-0.1, -0.05) is 38.1 Å². The van der Waals surface area contributed by atoms with E-state index < -0.39 is 0 Å². The van der Waals surface area contributed by atoms with Crippen molar-refractivity contribution in [2.75, 3.05) is 0 Å². The van der Waals surface area contributed by atoms with Gasteiger partial charge in [0.15, 0.2) is 0 Å². The summed E-state index contributed by atoms with van der Waals surface area (Å²) >= 11 is 0. The summed E-state index contributed by atoms with van der Waals surface area (Å²) in [5.74, 6) is 0.567. The van der Waals surface area contributed by atoms with E-state index >= 15 is 0 Å². The molecule has 0 unspecified atom stereocenters. The zero-order valence-electron chi connectivity index (χ0n) is 8.83. The van der Waals surface area contributed by atoms with Crippen molar-refractivity contribution in [1.82, 2.24) is 0 Å². The van der Waals surface area contributed by atoms with Crippen LogP contribution in [0.25, 0.3) is 6.08 Å². The number of halogens is 1. The molecule has 0 fully saturated rings. The molecular formula is C13H17F. The second kappa shape index (κ2) is 5.58. The van der Waals surface area contributed by atoms with Crippen LogP contribution in [-0.4, -0.2) is 0 Å². The van der Waals surface area contributed by atoms with Gasteiger partial charge >= 0.3 is 0 Å². The molecule has 0 amide bonds. The van der Waals surface area contributed by atoms with E-state index in [1.165, 1.54) is 18.6 Å². The van der Waals surface area contributed by atoms with Gasteiger partial charge in [-0.05, 0) is 36.5 Å². The summed E-state index contributed by atoms with van der Waals surface area (Å²) in [5.41, 5.74) is 1.06. The highest BCUT2D eigenvalue weighted by Crippen LogP contribution is 2.08. The molecule has 0 heterocycles. The van der Waals surface area contributed by atoms with E-state index in [1.54, 1.807) is 12.1 Å². The fourth-order valence-electron chi connectivity index (χ4n) is 1.22. The molecule has 0 radical (unpaired) electrons. The second-order valence-electron chi connectivity index (χ2n) is 3.93. The smallest absolute Gasteiger partial charge is 0.123 e. The standard InChI is InChI=1S/C13H17F/c1-11(2)5-3-4-6-12-7-9-13(14)10-8-12/h4,6-11H,3,5H2,1-2H3/b6-4+. The first kappa shape index (κ1) is 11.0. The Labute approximate surface area is 85.5 Å². The lowest BCUT2D eigenvalue weighted by molar-refractivity contribution is 0.595. The normalized spacial score (nSPS) is 11.4. The SMILES string of the molecule is CC(C)CC/C=C/c1ccc(F)cc1. The molecule has 0 aliphatic rings. The molecule has 1 aromatic rings. The van der Waals surface area contributed by atoms with E-state index in [1.807, 2.05) is 6.08 Å². The lowest BCUT2D eigenvalue weighted by atomic mass is 10.1. The third-order valence-electron chi connectivity index (χ3n) is 2.09. The third kappa shape index (κ3) is 4.22. The van der Waals surface area contributed by atoms with Crippen molar-refractivity contribution in [2.45, 2.75) is 26.7 Å². The first-order valence-electron chi connectivity index (χ1n) is 5.10. The molecule has 1 rings (SSSR count). The van der Waals surface area contributed by atoms with E-state index in [9.17, 15) is 4.39 Å². The van der Waals surface area contributed by atoms with E-state index in [2.05, 4.69) is 19.9 Å². The van der Waals surface area contributed by atoms with Crippen molar-refractivity contribution < 1.29 is 4.39 Å². The Hall–Kier alpha value is -1.11. The molecule has 0 bridgehead atoms. The molecule has 0 saturated heterocycles. The zero-order valence-corrected chi connectivity index (χ0v) is 8.83. The van der Waals surface area contributed by atoms with Crippen molar-refractivity contribution >= 4 is 6.08 Å². The third-order valence-corrected chi connectivity index (χ3v) is 2.09. The topological polar surface area (TPSA) is 0 Å². The summed E-state index contributed by atoms with van der Waals surface area (Å²) in [6, 6.07) is 6.56.